The number of amides is 1. The maximum Gasteiger partial charge on any atom is 0.410 e. The Morgan fingerprint density at radius 2 is 1.89 bits per heavy atom. The summed E-state index contributed by atoms with van der Waals surface area (Å²) in [5.74, 6) is -0.439. The Morgan fingerprint density at radius 1 is 1.37 bits per heavy atom. The molecule has 6 nitrogen and oxygen atoms in total. The van der Waals surface area contributed by atoms with E-state index in [1.54, 1.807) is 4.90 Å². The summed E-state index contributed by atoms with van der Waals surface area (Å²) in [5, 5.41) is 0. The Labute approximate surface area is 114 Å². The van der Waals surface area contributed by atoms with Crippen LogP contribution < -0.4 is 5.73 Å². The molecule has 0 aromatic heterocycles. The van der Waals surface area contributed by atoms with Gasteiger partial charge < -0.3 is 20.1 Å². The first-order valence-electron chi connectivity index (χ1n) is 6.46. The highest BCUT2D eigenvalue weighted by Gasteiger charge is 2.51. The highest BCUT2D eigenvalue weighted by Crippen LogP contribution is 2.37. The standard InChI is InChI=1S/C13H24N2O4/c1-6-13(9(14)10(16)18-5)7-15(8-13)11(17)19-12(2,3)4/h9H,6-8,14H2,1-5H3/t9-/m1/s1. The van der Waals surface area contributed by atoms with Crippen LogP contribution in [0.1, 0.15) is 34.1 Å². The van der Waals surface area contributed by atoms with Crippen molar-refractivity contribution in [3.05, 3.63) is 0 Å². The third-order valence-corrected chi connectivity index (χ3v) is 3.48. The predicted molar refractivity (Wildman–Crippen MR) is 70.5 cm³/mol. The highest BCUT2D eigenvalue weighted by molar-refractivity contribution is 5.78. The topological polar surface area (TPSA) is 81.9 Å². The fraction of sp³-hybridized carbons (Fsp3) is 0.846. The molecule has 1 aliphatic heterocycles. The lowest BCUT2D eigenvalue weighted by atomic mass is 9.71. The number of carbonyl (C=O) groups excluding carboxylic acids is 2. The second-order valence-electron chi connectivity index (χ2n) is 6.05. The molecule has 1 saturated heterocycles. The lowest BCUT2D eigenvalue weighted by Crippen LogP contribution is -2.67. The first-order valence-corrected chi connectivity index (χ1v) is 6.46. The summed E-state index contributed by atoms with van der Waals surface area (Å²) in [5.41, 5.74) is 4.99. The molecule has 1 heterocycles. The van der Waals surface area contributed by atoms with Crippen molar-refractivity contribution in [2.45, 2.75) is 45.8 Å². The molecule has 0 radical (unpaired) electrons. The minimum atomic E-state index is -0.707. The molecule has 1 rings (SSSR count). The maximum atomic E-state index is 11.9. The van der Waals surface area contributed by atoms with Crippen molar-refractivity contribution in [3.8, 4) is 0 Å². The van der Waals surface area contributed by atoms with Gasteiger partial charge in [-0.25, -0.2) is 4.79 Å². The zero-order chi connectivity index (χ0) is 14.8. The quantitative estimate of drug-likeness (QED) is 0.779. The third-order valence-electron chi connectivity index (χ3n) is 3.48. The average Bonchev–Trinajstić information content (AvgIpc) is 2.24. The van der Waals surface area contributed by atoms with E-state index >= 15 is 0 Å². The number of methoxy groups -OCH3 is 1. The summed E-state index contributed by atoms with van der Waals surface area (Å²) in [4.78, 5) is 25.0. The van der Waals surface area contributed by atoms with Gasteiger partial charge in [-0.3, -0.25) is 4.79 Å². The molecule has 0 saturated carbocycles. The monoisotopic (exact) mass is 272 g/mol. The van der Waals surface area contributed by atoms with Crippen LogP contribution in [0.15, 0.2) is 0 Å². The molecule has 0 aromatic carbocycles. The van der Waals surface area contributed by atoms with E-state index in [0.717, 1.165) is 0 Å². The van der Waals surface area contributed by atoms with Crippen LogP contribution in [0.2, 0.25) is 0 Å². The van der Waals surface area contributed by atoms with Gasteiger partial charge in [0.2, 0.25) is 0 Å². The van der Waals surface area contributed by atoms with E-state index < -0.39 is 23.0 Å². The molecule has 1 amide bonds. The summed E-state index contributed by atoms with van der Waals surface area (Å²) < 4.78 is 9.95. The number of esters is 1. The fourth-order valence-corrected chi connectivity index (χ4v) is 2.19. The van der Waals surface area contributed by atoms with Crippen molar-refractivity contribution < 1.29 is 19.1 Å². The summed E-state index contributed by atoms with van der Waals surface area (Å²) in [7, 11) is 1.32. The Balaban J connectivity index is 2.62. The van der Waals surface area contributed by atoms with E-state index in [1.165, 1.54) is 7.11 Å². The zero-order valence-corrected chi connectivity index (χ0v) is 12.4. The Morgan fingerprint density at radius 3 is 2.26 bits per heavy atom. The molecule has 0 bridgehead atoms. The van der Waals surface area contributed by atoms with E-state index in [-0.39, 0.29) is 6.09 Å². The molecule has 6 heteroatoms. The van der Waals surface area contributed by atoms with Gasteiger partial charge in [0.1, 0.15) is 11.6 Å². The lowest BCUT2D eigenvalue weighted by Gasteiger charge is -2.51. The number of hydrogen-bond acceptors (Lipinski definition) is 5. The van der Waals surface area contributed by atoms with Gasteiger partial charge in [0.25, 0.3) is 0 Å². The Bertz CT molecular complexity index is 356. The second kappa shape index (κ2) is 5.36. The third kappa shape index (κ3) is 3.37. The van der Waals surface area contributed by atoms with Gasteiger partial charge in [0.15, 0.2) is 0 Å². The van der Waals surface area contributed by atoms with Crippen LogP contribution in [0.4, 0.5) is 4.79 Å². The summed E-state index contributed by atoms with van der Waals surface area (Å²) in [6, 6.07) is -0.707. The van der Waals surface area contributed by atoms with E-state index in [1.807, 2.05) is 27.7 Å². The van der Waals surface area contributed by atoms with Crippen molar-refractivity contribution in [1.29, 1.82) is 0 Å². The second-order valence-corrected chi connectivity index (χ2v) is 6.05. The molecular weight excluding hydrogens is 248 g/mol. The zero-order valence-electron chi connectivity index (χ0n) is 12.4. The van der Waals surface area contributed by atoms with Crippen molar-refractivity contribution in [2.24, 2.45) is 11.1 Å². The number of rotatable bonds is 3. The van der Waals surface area contributed by atoms with Gasteiger partial charge in [0.05, 0.1) is 7.11 Å². The van der Waals surface area contributed by atoms with Gasteiger partial charge in [-0.1, -0.05) is 6.92 Å². The molecule has 0 spiro atoms. The number of carbonyl (C=O) groups is 2. The largest absolute Gasteiger partial charge is 0.468 e. The molecule has 19 heavy (non-hydrogen) atoms. The van der Waals surface area contributed by atoms with E-state index in [2.05, 4.69) is 4.74 Å². The molecule has 1 aliphatic rings. The fourth-order valence-electron chi connectivity index (χ4n) is 2.19. The van der Waals surface area contributed by atoms with Crippen molar-refractivity contribution in [3.63, 3.8) is 0 Å². The Kier molecular flexibility index (Phi) is 4.45. The predicted octanol–water partition coefficient (Wildman–Crippen LogP) is 1.13. The van der Waals surface area contributed by atoms with Gasteiger partial charge in [-0.2, -0.15) is 0 Å². The number of nitrogens with two attached hydrogens (primary N) is 1. The normalized spacial score (nSPS) is 19.4. The molecule has 0 unspecified atom stereocenters. The minimum absolute atomic E-state index is 0.367. The highest BCUT2D eigenvalue weighted by atomic mass is 16.6. The molecule has 0 aromatic rings. The van der Waals surface area contributed by atoms with Gasteiger partial charge in [0, 0.05) is 18.5 Å². The molecule has 110 valence electrons. The van der Waals surface area contributed by atoms with Crippen LogP contribution in [-0.2, 0) is 14.3 Å². The Hall–Kier alpha value is -1.30. The van der Waals surface area contributed by atoms with Gasteiger partial charge in [-0.15, -0.1) is 0 Å². The molecule has 1 atom stereocenters. The number of likely N-dealkylation sites (tertiary alicyclic amines) is 1. The summed E-state index contributed by atoms with van der Waals surface area (Å²) in [6.45, 7) is 8.26. The minimum Gasteiger partial charge on any atom is -0.468 e. The van der Waals surface area contributed by atoms with Crippen LogP contribution in [-0.4, -0.2) is 48.8 Å². The van der Waals surface area contributed by atoms with E-state index in [0.29, 0.717) is 19.5 Å². The van der Waals surface area contributed by atoms with Crippen molar-refractivity contribution in [1.82, 2.24) is 4.90 Å². The van der Waals surface area contributed by atoms with Crippen LogP contribution in [0, 0.1) is 5.41 Å². The SMILES string of the molecule is CCC1([C@H](N)C(=O)OC)CN(C(=O)OC(C)(C)C)C1. The van der Waals surface area contributed by atoms with Gasteiger partial charge >= 0.3 is 12.1 Å². The molecule has 0 aliphatic carbocycles. The smallest absolute Gasteiger partial charge is 0.410 e. The van der Waals surface area contributed by atoms with Crippen LogP contribution in [0.25, 0.3) is 0 Å². The van der Waals surface area contributed by atoms with E-state index in [4.69, 9.17) is 10.5 Å². The molecule has 1 fully saturated rings. The number of hydrogen-bond donors (Lipinski definition) is 1. The van der Waals surface area contributed by atoms with Crippen molar-refractivity contribution in [2.75, 3.05) is 20.2 Å². The maximum absolute atomic E-state index is 11.9. The van der Waals surface area contributed by atoms with Crippen LogP contribution in [0.5, 0.6) is 0 Å². The number of ether oxygens (including phenoxy) is 2. The summed E-state index contributed by atoms with van der Waals surface area (Å²) in [6.07, 6.45) is 0.344. The average molecular weight is 272 g/mol. The summed E-state index contributed by atoms with van der Waals surface area (Å²) >= 11 is 0. The molecular formula is C13H24N2O4. The van der Waals surface area contributed by atoms with Crippen molar-refractivity contribution >= 4 is 12.1 Å². The first kappa shape index (κ1) is 15.8. The van der Waals surface area contributed by atoms with Crippen LogP contribution in [0.3, 0.4) is 0 Å². The lowest BCUT2D eigenvalue weighted by molar-refractivity contribution is -0.150. The first-order chi connectivity index (χ1) is 8.65. The van der Waals surface area contributed by atoms with Crippen LogP contribution >= 0.6 is 0 Å². The van der Waals surface area contributed by atoms with E-state index in [9.17, 15) is 9.59 Å². The molecule has 2 N–H and O–H groups in total. The van der Waals surface area contributed by atoms with Gasteiger partial charge in [-0.05, 0) is 27.2 Å². The number of nitrogens with zero attached hydrogens (tertiary/aromatic N) is 1.